The Morgan fingerprint density at radius 3 is 2.14 bits per heavy atom. The van der Waals surface area contributed by atoms with Crippen molar-refractivity contribution in [3.05, 3.63) is 0 Å². The van der Waals surface area contributed by atoms with E-state index >= 15 is 0 Å². The van der Waals surface area contributed by atoms with Crippen LogP contribution < -0.4 is 5.90 Å². The Labute approximate surface area is 40.0 Å². The number of hydrogen-bond donors (Lipinski definition) is 2. The lowest BCUT2D eigenvalue weighted by molar-refractivity contribution is 0.331. The largest absolute Gasteiger partial charge is 0.414 e. The minimum absolute atomic E-state index is 2.01. The van der Waals surface area contributed by atoms with E-state index in [1.54, 1.807) is 0 Å². The molecule has 3 N–H and O–H groups in total. The molecule has 0 aromatic heterocycles. The minimum Gasteiger partial charge on any atom is -0.196 e. The summed E-state index contributed by atoms with van der Waals surface area (Å²) in [6, 6.07) is 0. The Bertz CT molecular complexity index is 144. The third-order valence-electron chi connectivity index (χ3n) is 0.233. The lowest BCUT2D eigenvalue weighted by atomic mass is 13.3. The van der Waals surface area contributed by atoms with Gasteiger partial charge in [-0.1, -0.05) is 0 Å². The third-order valence-corrected chi connectivity index (χ3v) is 0.700. The summed E-state index contributed by atoms with van der Waals surface area (Å²) >= 11 is 0. The van der Waals surface area contributed by atoms with Crippen molar-refractivity contribution in [1.82, 2.24) is 0 Å². The van der Waals surface area contributed by atoms with Gasteiger partial charge in [-0.15, -0.1) is 0 Å². The summed E-state index contributed by atoms with van der Waals surface area (Å²) in [5.41, 5.74) is 5.84. The van der Waals surface area contributed by atoms with E-state index < -0.39 is 10.3 Å². The van der Waals surface area contributed by atoms with E-state index in [4.69, 9.17) is 5.53 Å². The number of rotatable bonds is 2. The molecule has 0 aromatic carbocycles. The standard InChI is InChI=1S/H3N3O3S/c1-3-7(4,5)6-2/h1H,2H2. The molecule has 0 unspecified atom stereocenters. The van der Waals surface area contributed by atoms with Crippen LogP contribution >= 0.6 is 0 Å². The van der Waals surface area contributed by atoms with Gasteiger partial charge in [-0.05, 0) is 4.52 Å². The van der Waals surface area contributed by atoms with Gasteiger partial charge in [0.2, 0.25) is 0 Å². The highest BCUT2D eigenvalue weighted by Crippen LogP contribution is 1.84. The van der Waals surface area contributed by atoms with E-state index in [1.165, 1.54) is 0 Å². The molecule has 0 bridgehead atoms. The van der Waals surface area contributed by atoms with Crippen LogP contribution in [0.1, 0.15) is 0 Å². The van der Waals surface area contributed by atoms with Crippen LogP contribution in [0.2, 0.25) is 0 Å². The van der Waals surface area contributed by atoms with Crippen LogP contribution in [0.4, 0.5) is 0 Å². The van der Waals surface area contributed by atoms with Crippen molar-refractivity contribution in [2.75, 3.05) is 0 Å². The maximum Gasteiger partial charge on any atom is 0.414 e. The fraction of sp³-hybridized carbons (Fsp3) is 0. The van der Waals surface area contributed by atoms with Crippen molar-refractivity contribution in [2.45, 2.75) is 0 Å². The first-order chi connectivity index (χ1) is 3.12. The van der Waals surface area contributed by atoms with Crippen LogP contribution in [-0.4, -0.2) is 8.42 Å². The second-order valence-corrected chi connectivity index (χ2v) is 1.85. The molecule has 0 aromatic rings. The van der Waals surface area contributed by atoms with Gasteiger partial charge < -0.3 is 0 Å². The minimum atomic E-state index is -4.09. The molecule has 0 radical (unpaired) electrons. The number of nitrogens with zero attached hydrogens (tertiary/aromatic N) is 1. The van der Waals surface area contributed by atoms with Crippen LogP contribution in [0, 0.1) is 5.53 Å². The predicted octanol–water partition coefficient (Wildman–Crippen LogP) is -0.848. The summed E-state index contributed by atoms with van der Waals surface area (Å²) in [6.07, 6.45) is 0. The van der Waals surface area contributed by atoms with Gasteiger partial charge in [0.1, 0.15) is 0 Å². The molecule has 7 heteroatoms. The molecule has 0 aliphatic heterocycles. The van der Waals surface area contributed by atoms with Crippen molar-refractivity contribution >= 4 is 10.3 Å². The Morgan fingerprint density at radius 2 is 2.14 bits per heavy atom. The Morgan fingerprint density at radius 1 is 1.71 bits per heavy atom. The van der Waals surface area contributed by atoms with E-state index in [-0.39, 0.29) is 0 Å². The first-order valence-corrected chi connectivity index (χ1v) is 2.51. The zero-order chi connectivity index (χ0) is 5.91. The van der Waals surface area contributed by atoms with Crippen molar-refractivity contribution in [1.29, 1.82) is 5.53 Å². The molecular weight excluding hydrogens is 122 g/mol. The van der Waals surface area contributed by atoms with Gasteiger partial charge in [-0.2, -0.15) is 24.1 Å². The van der Waals surface area contributed by atoms with Crippen LogP contribution in [0.5, 0.6) is 0 Å². The molecule has 7 heavy (non-hydrogen) atoms. The van der Waals surface area contributed by atoms with Crippen molar-refractivity contribution in [2.24, 2.45) is 10.4 Å². The summed E-state index contributed by atoms with van der Waals surface area (Å²) in [6.45, 7) is 0. The van der Waals surface area contributed by atoms with Gasteiger partial charge in [0.25, 0.3) is 0 Å². The van der Waals surface area contributed by atoms with E-state index in [9.17, 15) is 8.42 Å². The van der Waals surface area contributed by atoms with Gasteiger partial charge in [-0.3, -0.25) is 0 Å². The molecule has 0 saturated carbocycles. The summed E-state index contributed by atoms with van der Waals surface area (Å²) in [5.74, 6) is 4.12. The van der Waals surface area contributed by atoms with Crippen molar-refractivity contribution in [3.63, 3.8) is 0 Å². The first kappa shape index (κ1) is 6.47. The summed E-state index contributed by atoms with van der Waals surface area (Å²) < 4.78 is 24.6. The number of nitrogens with two attached hydrogens (primary N) is 1. The fourth-order valence-electron chi connectivity index (χ4n) is 0.0215. The van der Waals surface area contributed by atoms with E-state index in [0.29, 0.717) is 0 Å². The maximum atomic E-state index is 9.67. The average Bonchev–Trinajstić information content (AvgIpc) is 1.68. The highest BCUT2D eigenvalue weighted by Gasteiger charge is 2.01. The highest BCUT2D eigenvalue weighted by atomic mass is 32.2. The maximum absolute atomic E-state index is 9.67. The zero-order valence-corrected chi connectivity index (χ0v) is 3.97. The molecule has 0 atom stereocenters. The van der Waals surface area contributed by atoms with Gasteiger partial charge in [-0.25, -0.2) is 0 Å². The fourth-order valence-corrected chi connectivity index (χ4v) is 0.0645. The zero-order valence-electron chi connectivity index (χ0n) is 3.16. The molecule has 0 aliphatic carbocycles. The molecular formula is H3N3O3S. The van der Waals surface area contributed by atoms with Gasteiger partial charge in [0, 0.05) is 0 Å². The lowest BCUT2D eigenvalue weighted by Crippen LogP contribution is -2.06. The van der Waals surface area contributed by atoms with E-state index in [0.717, 1.165) is 0 Å². The van der Waals surface area contributed by atoms with Gasteiger partial charge in [0.15, 0.2) is 0 Å². The molecule has 42 valence electrons. The van der Waals surface area contributed by atoms with E-state index in [1.807, 2.05) is 4.52 Å². The molecule has 0 spiro atoms. The van der Waals surface area contributed by atoms with Crippen LogP contribution in [0.3, 0.4) is 0 Å². The monoisotopic (exact) mass is 125 g/mol. The topological polar surface area (TPSA) is 106 Å². The van der Waals surface area contributed by atoms with Gasteiger partial charge >= 0.3 is 10.3 Å². The van der Waals surface area contributed by atoms with Crippen LogP contribution in [0.15, 0.2) is 4.52 Å². The third kappa shape index (κ3) is 2.20. The summed E-state index contributed by atoms with van der Waals surface area (Å²) in [5, 5.41) is 0. The quantitative estimate of drug-likeness (QED) is 0.370. The number of nitrogens with one attached hydrogen (secondary N) is 1. The highest BCUT2D eigenvalue weighted by molar-refractivity contribution is 7.85. The summed E-state index contributed by atoms with van der Waals surface area (Å²) in [7, 11) is -4.09. The second-order valence-electron chi connectivity index (χ2n) is 0.615. The predicted molar refractivity (Wildman–Crippen MR) is 19.3 cm³/mol. The first-order valence-electron chi connectivity index (χ1n) is 1.14. The molecule has 6 nitrogen and oxygen atoms in total. The Balaban J connectivity index is 4.17. The van der Waals surface area contributed by atoms with Crippen LogP contribution in [0.25, 0.3) is 0 Å². The molecule has 0 amide bonds. The Hall–Kier alpha value is -0.530. The number of hydrogen-bond acceptors (Lipinski definition) is 5. The molecule has 0 saturated heterocycles. The van der Waals surface area contributed by atoms with Crippen LogP contribution in [-0.2, 0) is 14.6 Å². The molecule has 0 rings (SSSR count). The smallest absolute Gasteiger partial charge is 0.196 e. The van der Waals surface area contributed by atoms with E-state index in [2.05, 4.69) is 10.2 Å². The Kier molecular flexibility index (Phi) is 1.81. The molecule has 0 fully saturated rings. The molecule has 0 aliphatic rings. The second kappa shape index (κ2) is 1.96. The van der Waals surface area contributed by atoms with Gasteiger partial charge in [0.05, 0.1) is 0 Å². The average molecular weight is 125 g/mol. The normalized spacial score (nSPS) is 11.0. The lowest BCUT2D eigenvalue weighted by Gasteiger charge is -1.82. The summed E-state index contributed by atoms with van der Waals surface area (Å²) in [4.78, 5) is 0. The SMILES string of the molecule is N=NS(=O)(=O)ON. The molecule has 0 heterocycles. The van der Waals surface area contributed by atoms with Crippen molar-refractivity contribution < 1.29 is 12.7 Å². The van der Waals surface area contributed by atoms with Crippen molar-refractivity contribution in [3.8, 4) is 0 Å².